The fourth-order valence-electron chi connectivity index (χ4n) is 1.93. The van der Waals surface area contributed by atoms with Crippen molar-refractivity contribution >= 4 is 17.7 Å². The van der Waals surface area contributed by atoms with Crippen molar-refractivity contribution in [1.29, 1.82) is 0 Å². The molecular weight excluding hydrogens is 312 g/mol. The zero-order valence-corrected chi connectivity index (χ0v) is 14.0. The van der Waals surface area contributed by atoms with Gasteiger partial charge in [0.2, 0.25) is 0 Å². The van der Waals surface area contributed by atoms with Gasteiger partial charge in [-0.1, -0.05) is 12.1 Å². The van der Waals surface area contributed by atoms with Crippen molar-refractivity contribution in [2.45, 2.75) is 30.6 Å². The van der Waals surface area contributed by atoms with Crippen LogP contribution >= 0.6 is 11.8 Å². The molecule has 122 valence electrons. The Labute approximate surface area is 140 Å². The minimum Gasteiger partial charge on any atom is -0.508 e. The minimum absolute atomic E-state index is 0.158. The number of phenolic OH excluding ortho intramolecular Hbond substituents is 1. The van der Waals surface area contributed by atoms with Crippen LogP contribution in [0.15, 0.2) is 53.4 Å². The normalized spacial score (nSPS) is 12.8. The lowest BCUT2D eigenvalue weighted by Crippen LogP contribution is -2.25. The first-order valence-electron chi connectivity index (χ1n) is 7.42. The van der Waals surface area contributed by atoms with Crippen LogP contribution in [0.3, 0.4) is 0 Å². The molecule has 1 aliphatic rings. The number of carbonyl (C=O) groups is 1. The molecule has 2 bridgehead atoms. The third kappa shape index (κ3) is 5.53. The van der Waals surface area contributed by atoms with Crippen LogP contribution in [-0.4, -0.2) is 23.8 Å². The highest BCUT2D eigenvalue weighted by Crippen LogP contribution is 2.30. The Balaban J connectivity index is 0.000000198. The number of benzene rings is 2. The molecule has 1 heterocycles. The van der Waals surface area contributed by atoms with E-state index in [2.05, 4.69) is 24.3 Å². The van der Waals surface area contributed by atoms with E-state index in [0.29, 0.717) is 12.4 Å². The number of hydrogen-bond donors (Lipinski definition) is 1. The lowest BCUT2D eigenvalue weighted by atomic mass is 10.2. The second-order valence-electron chi connectivity index (χ2n) is 4.94. The van der Waals surface area contributed by atoms with Crippen molar-refractivity contribution in [2.75, 3.05) is 6.61 Å². The van der Waals surface area contributed by atoms with E-state index in [1.54, 1.807) is 26.0 Å². The van der Waals surface area contributed by atoms with Gasteiger partial charge >= 0.3 is 5.97 Å². The van der Waals surface area contributed by atoms with E-state index in [4.69, 9.17) is 14.6 Å². The summed E-state index contributed by atoms with van der Waals surface area (Å²) in [6.45, 7) is 3.69. The second kappa shape index (κ2) is 8.48. The predicted octanol–water partition coefficient (Wildman–Crippen LogP) is 4.01. The molecule has 1 unspecified atom stereocenters. The van der Waals surface area contributed by atoms with Crippen molar-refractivity contribution in [3.05, 3.63) is 54.1 Å². The lowest BCUT2D eigenvalue weighted by Gasteiger charge is -2.12. The molecule has 1 aliphatic heterocycles. The maximum Gasteiger partial charge on any atom is 0.347 e. The average molecular weight is 332 g/mol. The molecule has 0 saturated carbocycles. The molecule has 23 heavy (non-hydrogen) atoms. The zero-order valence-electron chi connectivity index (χ0n) is 13.2. The zero-order chi connectivity index (χ0) is 16.7. The van der Waals surface area contributed by atoms with E-state index in [9.17, 15) is 4.79 Å². The first kappa shape index (κ1) is 17.2. The number of esters is 1. The molecule has 1 N–H and O–H groups in total. The number of phenols is 1. The molecular formula is C18H20O4S. The molecule has 2 aromatic rings. The van der Waals surface area contributed by atoms with Crippen LogP contribution in [-0.2, 0) is 15.3 Å². The van der Waals surface area contributed by atoms with Crippen LogP contribution in [0.1, 0.15) is 19.4 Å². The minimum atomic E-state index is -0.644. The summed E-state index contributed by atoms with van der Waals surface area (Å²) in [4.78, 5) is 12.6. The van der Waals surface area contributed by atoms with Crippen molar-refractivity contribution in [1.82, 2.24) is 0 Å². The summed E-state index contributed by atoms with van der Waals surface area (Å²) < 4.78 is 10.1. The summed E-state index contributed by atoms with van der Waals surface area (Å²) in [5.41, 5.74) is 1.47. The number of rotatable bonds is 4. The van der Waals surface area contributed by atoms with Crippen molar-refractivity contribution in [2.24, 2.45) is 0 Å². The van der Waals surface area contributed by atoms with Crippen molar-refractivity contribution in [3.63, 3.8) is 0 Å². The molecule has 3 rings (SSSR count). The molecule has 1 atom stereocenters. The maximum absolute atomic E-state index is 11.2. The van der Waals surface area contributed by atoms with Gasteiger partial charge < -0.3 is 14.6 Å². The van der Waals surface area contributed by atoms with E-state index in [1.165, 1.54) is 28.3 Å². The van der Waals surface area contributed by atoms with E-state index < -0.39 is 12.1 Å². The molecule has 0 aromatic heterocycles. The Hall–Kier alpha value is -2.14. The van der Waals surface area contributed by atoms with Crippen LogP contribution in [0.4, 0.5) is 0 Å². The SMILES string of the molecule is CCOC(=O)C(C)Oc1ccc(O)cc1.c1cc2cc(c1)SC2. The Morgan fingerprint density at radius 2 is 2.00 bits per heavy atom. The molecule has 5 heteroatoms. The number of carbonyl (C=O) groups excluding carboxylic acids is 1. The number of thioether (sulfide) groups is 1. The van der Waals surface area contributed by atoms with Crippen LogP contribution < -0.4 is 4.74 Å². The summed E-state index contributed by atoms with van der Waals surface area (Å²) in [7, 11) is 0. The Kier molecular flexibility index (Phi) is 6.35. The van der Waals surface area contributed by atoms with Gasteiger partial charge in [-0.15, -0.1) is 11.8 Å². The summed E-state index contributed by atoms with van der Waals surface area (Å²) >= 11 is 1.92. The maximum atomic E-state index is 11.2. The highest BCUT2D eigenvalue weighted by molar-refractivity contribution is 7.98. The van der Waals surface area contributed by atoms with Crippen LogP contribution in [0.5, 0.6) is 11.5 Å². The smallest absolute Gasteiger partial charge is 0.347 e. The van der Waals surface area contributed by atoms with E-state index in [0.717, 1.165) is 0 Å². The number of fused-ring (bicyclic) bond motifs is 2. The summed E-state index contributed by atoms with van der Waals surface area (Å²) in [5, 5.41) is 9.04. The third-order valence-electron chi connectivity index (χ3n) is 3.07. The van der Waals surface area contributed by atoms with Gasteiger partial charge in [0.05, 0.1) is 6.61 Å². The summed E-state index contributed by atoms with van der Waals surface area (Å²) in [5.74, 6) is 1.47. The Morgan fingerprint density at radius 1 is 1.26 bits per heavy atom. The van der Waals surface area contributed by atoms with Gasteiger partial charge in [0.1, 0.15) is 11.5 Å². The topological polar surface area (TPSA) is 55.8 Å². The average Bonchev–Trinajstić information content (AvgIpc) is 2.88. The fourth-order valence-corrected chi connectivity index (χ4v) is 2.85. The van der Waals surface area contributed by atoms with Gasteiger partial charge in [0.25, 0.3) is 0 Å². The third-order valence-corrected chi connectivity index (χ3v) is 4.14. The Bertz CT molecular complexity index is 620. The molecule has 0 fully saturated rings. The quantitative estimate of drug-likeness (QED) is 0.857. The van der Waals surface area contributed by atoms with Crippen molar-refractivity contribution < 1.29 is 19.4 Å². The molecule has 0 spiro atoms. The molecule has 4 nitrogen and oxygen atoms in total. The lowest BCUT2D eigenvalue weighted by molar-refractivity contribution is -0.150. The molecule has 0 aliphatic carbocycles. The highest BCUT2D eigenvalue weighted by atomic mass is 32.2. The largest absolute Gasteiger partial charge is 0.508 e. The Morgan fingerprint density at radius 3 is 2.61 bits per heavy atom. The van der Waals surface area contributed by atoms with E-state index >= 15 is 0 Å². The number of aromatic hydroxyl groups is 1. The molecule has 0 radical (unpaired) electrons. The van der Waals surface area contributed by atoms with E-state index in [-0.39, 0.29) is 5.75 Å². The molecule has 0 saturated heterocycles. The highest BCUT2D eigenvalue weighted by Gasteiger charge is 2.15. The first-order chi connectivity index (χ1) is 11.1. The van der Waals surface area contributed by atoms with Crippen LogP contribution in [0.2, 0.25) is 0 Å². The standard InChI is InChI=1S/C11H14O4.C7H6S/c1-3-14-11(13)8(2)15-10-6-4-9(12)5-7-10;1-2-6-4-7(3-1)8-5-6/h4-8,12H,3H2,1-2H3;1-4H,5H2. The van der Waals surface area contributed by atoms with Gasteiger partial charge in [-0.3, -0.25) is 0 Å². The summed E-state index contributed by atoms with van der Waals surface area (Å²) in [6, 6.07) is 14.8. The number of ether oxygens (including phenoxy) is 2. The monoisotopic (exact) mass is 332 g/mol. The molecule has 2 aromatic carbocycles. The van der Waals surface area contributed by atoms with E-state index in [1.807, 2.05) is 11.8 Å². The molecule has 0 amide bonds. The predicted molar refractivity (Wildman–Crippen MR) is 90.8 cm³/mol. The van der Waals surface area contributed by atoms with Gasteiger partial charge in [0.15, 0.2) is 6.10 Å². The fraction of sp³-hybridized carbons (Fsp3) is 0.278. The van der Waals surface area contributed by atoms with Gasteiger partial charge in [-0.05, 0) is 55.8 Å². The van der Waals surface area contributed by atoms with Gasteiger partial charge in [-0.25, -0.2) is 4.79 Å². The number of hydrogen-bond acceptors (Lipinski definition) is 5. The summed E-state index contributed by atoms with van der Waals surface area (Å²) in [6.07, 6.45) is -0.644. The first-order valence-corrected chi connectivity index (χ1v) is 8.41. The van der Waals surface area contributed by atoms with Crippen LogP contribution in [0.25, 0.3) is 0 Å². The second-order valence-corrected chi connectivity index (χ2v) is 5.99. The van der Waals surface area contributed by atoms with Gasteiger partial charge in [0, 0.05) is 10.6 Å². The van der Waals surface area contributed by atoms with Crippen LogP contribution in [0, 0.1) is 0 Å². The van der Waals surface area contributed by atoms with Gasteiger partial charge in [-0.2, -0.15) is 0 Å². The van der Waals surface area contributed by atoms with Crippen molar-refractivity contribution in [3.8, 4) is 11.5 Å².